The summed E-state index contributed by atoms with van der Waals surface area (Å²) in [6.07, 6.45) is -14.6. The summed E-state index contributed by atoms with van der Waals surface area (Å²) in [6, 6.07) is 9.74. The van der Waals surface area contributed by atoms with E-state index in [2.05, 4.69) is 10.6 Å². The monoisotopic (exact) mass is 612 g/mol. The van der Waals surface area contributed by atoms with E-state index in [0.29, 0.717) is 16.4 Å². The van der Waals surface area contributed by atoms with E-state index >= 15 is 0 Å². The van der Waals surface area contributed by atoms with Gasteiger partial charge >= 0.3 is 12.4 Å². The first-order valence-corrected chi connectivity index (χ1v) is 12.7. The molecule has 7 nitrogen and oxygen atoms in total. The van der Waals surface area contributed by atoms with Crippen molar-refractivity contribution in [3.8, 4) is 0 Å². The summed E-state index contributed by atoms with van der Waals surface area (Å²) in [4.78, 5) is 40.0. The average molecular weight is 613 g/mol. The van der Waals surface area contributed by atoms with Crippen LogP contribution in [0.5, 0.6) is 0 Å². The third-order valence-corrected chi connectivity index (χ3v) is 6.86. The van der Waals surface area contributed by atoms with Crippen molar-refractivity contribution in [2.45, 2.75) is 44.1 Å². The molecular weight excluding hydrogens is 589 g/mol. The predicted octanol–water partition coefficient (Wildman–Crippen LogP) is 5.97. The first-order valence-electron chi connectivity index (χ1n) is 11.9. The van der Waals surface area contributed by atoms with Crippen LogP contribution >= 0.6 is 23.2 Å². The van der Waals surface area contributed by atoms with Crippen LogP contribution < -0.4 is 21.3 Å². The minimum absolute atomic E-state index is 0.147. The smallest absolute Gasteiger partial charge is 0.369 e. The minimum Gasteiger partial charge on any atom is -0.369 e. The van der Waals surface area contributed by atoms with E-state index in [9.17, 15) is 40.7 Å². The van der Waals surface area contributed by atoms with Crippen molar-refractivity contribution in [2.75, 3.05) is 16.8 Å². The average Bonchev–Trinajstić information content (AvgIpc) is 2.97. The van der Waals surface area contributed by atoms with Crippen LogP contribution in [0.15, 0.2) is 42.5 Å². The maximum Gasteiger partial charge on any atom is 0.389 e. The largest absolute Gasteiger partial charge is 0.389 e. The fourth-order valence-corrected chi connectivity index (χ4v) is 4.81. The number of primary amides is 1. The van der Waals surface area contributed by atoms with Gasteiger partial charge in [0.15, 0.2) is 0 Å². The fraction of sp³-hybridized carbons (Fsp3) is 0.400. The molecule has 3 rings (SSSR count). The molecular formula is C25H24Cl2F6N4O3. The Morgan fingerprint density at radius 3 is 2.17 bits per heavy atom. The number of fused-ring (bicyclic) bond motifs is 1. The first-order chi connectivity index (χ1) is 18.6. The van der Waals surface area contributed by atoms with Crippen LogP contribution in [0, 0.1) is 11.8 Å². The summed E-state index contributed by atoms with van der Waals surface area (Å²) < 4.78 is 77.7. The third kappa shape index (κ3) is 8.40. The van der Waals surface area contributed by atoms with Crippen molar-refractivity contribution in [1.82, 2.24) is 5.32 Å². The topological polar surface area (TPSA) is 105 Å². The highest BCUT2D eigenvalue weighted by Gasteiger charge is 2.41. The number of rotatable bonds is 9. The first kappa shape index (κ1) is 31.3. The molecule has 0 spiro atoms. The van der Waals surface area contributed by atoms with Crippen molar-refractivity contribution >= 4 is 58.0 Å². The lowest BCUT2D eigenvalue weighted by atomic mass is 9.83. The van der Waals surface area contributed by atoms with Crippen LogP contribution in [-0.4, -0.2) is 42.7 Å². The Bertz CT molecular complexity index is 1260. The molecule has 1 heterocycles. The maximum absolute atomic E-state index is 13.3. The maximum atomic E-state index is 13.3. The molecule has 0 aliphatic carbocycles. The van der Waals surface area contributed by atoms with Gasteiger partial charge in [0.1, 0.15) is 6.04 Å². The van der Waals surface area contributed by atoms with Gasteiger partial charge in [-0.2, -0.15) is 26.3 Å². The second-order valence-electron chi connectivity index (χ2n) is 9.20. The Morgan fingerprint density at radius 1 is 1.00 bits per heavy atom. The number of carbonyl (C=O) groups excluding carboxylic acids is 3. The van der Waals surface area contributed by atoms with Crippen molar-refractivity contribution in [3.63, 3.8) is 0 Å². The molecule has 40 heavy (non-hydrogen) atoms. The predicted molar refractivity (Wildman–Crippen MR) is 137 cm³/mol. The van der Waals surface area contributed by atoms with Gasteiger partial charge in [-0.25, -0.2) is 0 Å². The number of hydrogen-bond acceptors (Lipinski definition) is 4. The zero-order valence-electron chi connectivity index (χ0n) is 20.6. The van der Waals surface area contributed by atoms with Crippen molar-refractivity contribution in [3.05, 3.63) is 52.5 Å². The number of nitrogens with two attached hydrogens (primary N) is 1. The summed E-state index contributed by atoms with van der Waals surface area (Å²) in [7, 11) is 0. The number of halogens is 8. The summed E-state index contributed by atoms with van der Waals surface area (Å²) >= 11 is 12.4. The molecule has 0 fully saturated rings. The van der Waals surface area contributed by atoms with Gasteiger partial charge in [0.05, 0.1) is 22.9 Å². The number of para-hydroxylation sites is 1. The van der Waals surface area contributed by atoms with Gasteiger partial charge < -0.3 is 21.3 Å². The molecule has 0 aromatic heterocycles. The number of nitrogens with zero attached hydrogens (tertiary/aromatic N) is 1. The fourth-order valence-electron chi connectivity index (χ4n) is 4.41. The highest BCUT2D eigenvalue weighted by molar-refractivity contribution is 6.35. The van der Waals surface area contributed by atoms with E-state index in [1.54, 1.807) is 41.3 Å². The zero-order valence-corrected chi connectivity index (χ0v) is 22.1. The quantitative estimate of drug-likeness (QED) is 0.303. The van der Waals surface area contributed by atoms with Gasteiger partial charge in [-0.3, -0.25) is 14.4 Å². The van der Waals surface area contributed by atoms with Gasteiger partial charge in [-0.1, -0.05) is 35.3 Å². The molecule has 4 N–H and O–H groups in total. The van der Waals surface area contributed by atoms with Crippen LogP contribution in [0.2, 0.25) is 10.0 Å². The molecule has 3 atom stereocenters. The molecule has 0 saturated heterocycles. The second kappa shape index (κ2) is 12.5. The molecule has 15 heteroatoms. The zero-order chi connectivity index (χ0) is 29.8. The number of carbonyl (C=O) groups is 3. The van der Waals surface area contributed by atoms with Crippen LogP contribution in [0.1, 0.15) is 25.7 Å². The SMILES string of the molecule is NC(=O)[C@H](CCC(F)(F)F)[C@H](CCC(F)(F)F)C(=O)N[C@H]1CN(c2cccc(Cl)c2)c2cccc(Cl)c2NC1=O. The Balaban J connectivity index is 1.96. The molecule has 3 amide bonds. The van der Waals surface area contributed by atoms with Crippen LogP contribution in [0.3, 0.4) is 0 Å². The Hall–Kier alpha value is -3.19. The van der Waals surface area contributed by atoms with E-state index in [4.69, 9.17) is 28.9 Å². The molecule has 0 bridgehead atoms. The minimum atomic E-state index is -4.77. The van der Waals surface area contributed by atoms with Crippen molar-refractivity contribution < 1.29 is 40.7 Å². The lowest BCUT2D eigenvalue weighted by Gasteiger charge is -2.29. The van der Waals surface area contributed by atoms with Crippen molar-refractivity contribution in [1.29, 1.82) is 0 Å². The van der Waals surface area contributed by atoms with Gasteiger partial charge in [0.2, 0.25) is 17.7 Å². The lowest BCUT2D eigenvalue weighted by molar-refractivity contribution is -0.152. The van der Waals surface area contributed by atoms with Crippen LogP contribution in [0.4, 0.5) is 43.4 Å². The van der Waals surface area contributed by atoms with Gasteiger partial charge in [0, 0.05) is 35.4 Å². The number of amides is 3. The highest BCUT2D eigenvalue weighted by atomic mass is 35.5. The Morgan fingerprint density at radius 2 is 1.60 bits per heavy atom. The summed E-state index contributed by atoms with van der Waals surface area (Å²) in [6.45, 7) is -0.263. The summed E-state index contributed by atoms with van der Waals surface area (Å²) in [5.74, 6) is -7.14. The van der Waals surface area contributed by atoms with Crippen molar-refractivity contribution in [2.24, 2.45) is 17.6 Å². The third-order valence-electron chi connectivity index (χ3n) is 6.31. The molecule has 1 aliphatic heterocycles. The standard InChI is InChI=1S/C25H24Cl2F6N4O3/c26-13-3-1-4-14(11-13)37-12-18(23(40)36-20-17(27)5-2-6-19(20)37)35-22(39)16(8-10-25(31,32)33)15(21(34)38)7-9-24(28,29)30/h1-6,11,15-16,18H,7-10,12H2,(H2,34,38)(H,35,39)(H,36,40)/t15-,16+,18+/m1/s1. The van der Waals surface area contributed by atoms with E-state index in [-0.39, 0.29) is 17.3 Å². The van der Waals surface area contributed by atoms with E-state index in [0.717, 1.165) is 0 Å². The number of hydrogen-bond donors (Lipinski definition) is 3. The summed E-state index contributed by atoms with van der Waals surface area (Å²) in [5.41, 5.74) is 6.30. The van der Waals surface area contributed by atoms with Gasteiger partial charge in [0.25, 0.3) is 0 Å². The number of nitrogens with one attached hydrogen (secondary N) is 2. The normalized spacial score (nSPS) is 17.4. The van der Waals surface area contributed by atoms with Gasteiger partial charge in [-0.05, 0) is 43.2 Å². The Kier molecular flexibility index (Phi) is 9.83. The molecule has 0 saturated carbocycles. The van der Waals surface area contributed by atoms with Crippen LogP contribution in [-0.2, 0) is 14.4 Å². The lowest BCUT2D eigenvalue weighted by Crippen LogP contribution is -2.52. The Labute approximate surface area is 235 Å². The number of benzene rings is 2. The van der Waals surface area contributed by atoms with E-state index < -0.39 is 73.6 Å². The van der Waals surface area contributed by atoms with E-state index in [1.165, 1.54) is 6.07 Å². The highest BCUT2D eigenvalue weighted by Crippen LogP contribution is 2.40. The molecule has 218 valence electrons. The van der Waals surface area contributed by atoms with E-state index in [1.807, 2.05) is 0 Å². The van der Waals surface area contributed by atoms with Gasteiger partial charge in [-0.15, -0.1) is 0 Å². The number of alkyl halides is 6. The molecule has 2 aromatic carbocycles. The molecule has 0 radical (unpaired) electrons. The molecule has 1 aliphatic rings. The summed E-state index contributed by atoms with van der Waals surface area (Å²) in [5, 5.41) is 5.38. The van der Waals surface area contributed by atoms with Crippen LogP contribution in [0.25, 0.3) is 0 Å². The second-order valence-corrected chi connectivity index (χ2v) is 10.0. The molecule has 2 aromatic rings. The number of anilines is 3. The molecule has 0 unspecified atom stereocenters.